The summed E-state index contributed by atoms with van der Waals surface area (Å²) >= 11 is 1.25. The molecule has 0 aromatic carbocycles. The molecule has 0 amide bonds. The van der Waals surface area contributed by atoms with Crippen LogP contribution in [0.25, 0.3) is 0 Å². The van der Waals surface area contributed by atoms with Crippen LogP contribution in [0.3, 0.4) is 0 Å². The van der Waals surface area contributed by atoms with Gasteiger partial charge in [0.25, 0.3) is 0 Å². The number of hydrogen-bond acceptors (Lipinski definition) is 0. The first-order valence-electron chi connectivity index (χ1n) is 3.21. The molecule has 0 aromatic heterocycles. The van der Waals surface area contributed by atoms with Crippen molar-refractivity contribution < 1.29 is 24.4 Å². The first kappa shape index (κ1) is 18.9. The third-order valence-electron chi connectivity index (χ3n) is 2.10. The average molecular weight is 395 g/mol. The molecule has 4 heteroatoms. The maximum Gasteiger partial charge on any atom is -0.147 e. The summed E-state index contributed by atoms with van der Waals surface area (Å²) in [6.45, 7) is 6.72. The molecule has 1 aliphatic carbocycles. The van der Waals surface area contributed by atoms with Crippen LogP contribution < -0.4 is 0 Å². The fourth-order valence-corrected chi connectivity index (χ4v) is 2.70. The van der Waals surface area contributed by atoms with Gasteiger partial charge in [0, 0.05) is 0 Å². The summed E-state index contributed by atoms with van der Waals surface area (Å²) in [5.41, 5.74) is 4.69. The van der Waals surface area contributed by atoms with E-state index < -0.39 is 0 Å². The van der Waals surface area contributed by atoms with E-state index in [4.69, 9.17) is 0 Å². The second kappa shape index (κ2) is 7.61. The Morgan fingerprint density at radius 2 is 1.33 bits per heavy atom. The average Bonchev–Trinajstić information content (AvgIpc) is 1.98. The molecular formula is C8H14Cl3Hf. The Bertz CT molecular complexity index is 184. The minimum Gasteiger partial charge on any atom is -0.147 e. The molecule has 0 N–H and O–H groups in total. The normalized spacial score (nSPS) is 14.8. The van der Waals surface area contributed by atoms with Crippen LogP contribution in [0.1, 0.15) is 27.2 Å². The SMILES string of the molecule is CC1=C(C)C(C)=[C]([Hf])C1.Cl.Cl.Cl. The van der Waals surface area contributed by atoms with Gasteiger partial charge >= 0.3 is 71.6 Å². The molecule has 0 aromatic rings. The second-order valence-corrected chi connectivity index (χ2v) is 4.85. The number of hydrogen-bond donors (Lipinski definition) is 0. The molecule has 0 nitrogen and oxygen atoms in total. The van der Waals surface area contributed by atoms with Gasteiger partial charge in [-0.15, -0.1) is 37.2 Å². The molecule has 1 aliphatic rings. The van der Waals surface area contributed by atoms with Gasteiger partial charge in [0.15, 0.2) is 0 Å². The quantitative estimate of drug-likeness (QED) is 0.548. The van der Waals surface area contributed by atoms with Crippen LogP contribution in [0.4, 0.5) is 0 Å². The Kier molecular flexibility index (Phi) is 12.0. The second-order valence-electron chi connectivity index (χ2n) is 2.69. The summed E-state index contributed by atoms with van der Waals surface area (Å²) in [6.07, 6.45) is 1.27. The molecule has 1 rings (SSSR count). The fourth-order valence-electron chi connectivity index (χ4n) is 1.08. The van der Waals surface area contributed by atoms with Crippen molar-refractivity contribution >= 4 is 37.2 Å². The topological polar surface area (TPSA) is 0 Å². The molecule has 12 heavy (non-hydrogen) atoms. The third-order valence-corrected chi connectivity index (χ3v) is 4.08. The van der Waals surface area contributed by atoms with Gasteiger partial charge in [-0.2, -0.15) is 0 Å². The number of rotatable bonds is 0. The van der Waals surface area contributed by atoms with Gasteiger partial charge in [0.2, 0.25) is 0 Å². The van der Waals surface area contributed by atoms with Crippen LogP contribution in [-0.2, 0) is 24.4 Å². The van der Waals surface area contributed by atoms with E-state index in [1.165, 1.54) is 30.8 Å². The van der Waals surface area contributed by atoms with Crippen molar-refractivity contribution in [3.63, 3.8) is 0 Å². The van der Waals surface area contributed by atoms with Crippen LogP contribution in [0.5, 0.6) is 0 Å². The zero-order chi connectivity index (χ0) is 7.02. The van der Waals surface area contributed by atoms with E-state index in [0.29, 0.717) is 0 Å². The number of halogens is 3. The molecule has 0 atom stereocenters. The summed E-state index contributed by atoms with van der Waals surface area (Å²) in [7, 11) is 0. The van der Waals surface area contributed by atoms with Gasteiger partial charge in [0.05, 0.1) is 0 Å². The van der Waals surface area contributed by atoms with E-state index in [1.54, 1.807) is 20.0 Å². The van der Waals surface area contributed by atoms with Gasteiger partial charge < -0.3 is 0 Å². The first-order valence-corrected chi connectivity index (χ1v) is 5.00. The fraction of sp³-hybridized carbons (Fsp3) is 0.500. The van der Waals surface area contributed by atoms with E-state index in [2.05, 4.69) is 20.8 Å². The van der Waals surface area contributed by atoms with Crippen LogP contribution in [0.15, 0.2) is 20.0 Å². The first-order chi connectivity index (χ1) is 4.13. The molecule has 0 spiro atoms. The van der Waals surface area contributed by atoms with Crippen LogP contribution >= 0.6 is 37.2 Å². The standard InChI is InChI=1S/C8H11.3ClH.Hf/c1-6-4-5-7(2)8(6)3;;;;/h4H2,1-3H3;3*1H;. The Balaban J connectivity index is -0.000000270. The van der Waals surface area contributed by atoms with E-state index in [-0.39, 0.29) is 37.2 Å². The zero-order valence-corrected chi connectivity index (χ0v) is 13.5. The predicted molar refractivity (Wildman–Crippen MR) is 57.4 cm³/mol. The molecule has 0 unspecified atom stereocenters. The zero-order valence-electron chi connectivity index (χ0n) is 7.43. The largest absolute Gasteiger partial charge is 0.147 e. The monoisotopic (exact) mass is 395 g/mol. The van der Waals surface area contributed by atoms with Gasteiger partial charge in [-0.25, -0.2) is 0 Å². The number of allylic oxidation sites excluding steroid dienone is 4. The summed E-state index contributed by atoms with van der Waals surface area (Å²) < 4.78 is 1.69. The predicted octanol–water partition coefficient (Wildman–Crippen LogP) is 3.81. The van der Waals surface area contributed by atoms with Crippen molar-refractivity contribution in [2.45, 2.75) is 27.2 Å². The van der Waals surface area contributed by atoms with Crippen LogP contribution in [0.2, 0.25) is 0 Å². The van der Waals surface area contributed by atoms with Crippen molar-refractivity contribution in [3.8, 4) is 0 Å². The maximum absolute atomic E-state index is 2.24. The summed E-state index contributed by atoms with van der Waals surface area (Å²) in [5, 5.41) is 0. The molecule has 0 aliphatic heterocycles. The summed E-state index contributed by atoms with van der Waals surface area (Å²) in [5.74, 6) is 0. The van der Waals surface area contributed by atoms with Crippen LogP contribution in [0, 0.1) is 0 Å². The Labute approximate surface area is 108 Å². The Morgan fingerprint density at radius 3 is 1.42 bits per heavy atom. The van der Waals surface area contributed by atoms with Crippen molar-refractivity contribution in [3.05, 3.63) is 20.0 Å². The minimum absolute atomic E-state index is 0. The van der Waals surface area contributed by atoms with E-state index in [1.807, 2.05) is 0 Å². The Morgan fingerprint density at radius 1 is 0.917 bits per heavy atom. The Hall–Kier alpha value is 1.22. The van der Waals surface area contributed by atoms with E-state index >= 15 is 0 Å². The molecule has 0 bridgehead atoms. The van der Waals surface area contributed by atoms with Crippen molar-refractivity contribution in [2.75, 3.05) is 0 Å². The van der Waals surface area contributed by atoms with E-state index in [9.17, 15) is 0 Å². The third kappa shape index (κ3) is 3.95. The van der Waals surface area contributed by atoms with Crippen molar-refractivity contribution in [2.24, 2.45) is 0 Å². The summed E-state index contributed by atoms with van der Waals surface area (Å²) in [4.78, 5) is 0. The molecule has 0 saturated heterocycles. The van der Waals surface area contributed by atoms with Gasteiger partial charge in [0.1, 0.15) is 0 Å². The van der Waals surface area contributed by atoms with E-state index in [0.717, 1.165) is 0 Å². The molecule has 0 fully saturated rings. The van der Waals surface area contributed by atoms with Crippen molar-refractivity contribution in [1.29, 1.82) is 0 Å². The molecule has 0 saturated carbocycles. The van der Waals surface area contributed by atoms with Gasteiger partial charge in [-0.05, 0) is 0 Å². The smallest absolute Gasteiger partial charge is 0.147 e. The molecule has 0 heterocycles. The summed E-state index contributed by atoms with van der Waals surface area (Å²) in [6, 6.07) is 0. The maximum atomic E-state index is 2.24. The van der Waals surface area contributed by atoms with Gasteiger partial charge in [-0.1, -0.05) is 0 Å². The minimum atomic E-state index is 0. The van der Waals surface area contributed by atoms with Crippen molar-refractivity contribution in [1.82, 2.24) is 0 Å². The molecular weight excluding hydrogens is 381 g/mol. The van der Waals surface area contributed by atoms with Gasteiger partial charge in [-0.3, -0.25) is 0 Å². The molecule has 71 valence electrons. The van der Waals surface area contributed by atoms with Crippen LogP contribution in [-0.4, -0.2) is 0 Å². The molecule has 0 radical (unpaired) electrons.